The van der Waals surface area contributed by atoms with Crippen molar-refractivity contribution >= 4 is 11.6 Å². The van der Waals surface area contributed by atoms with Crippen molar-refractivity contribution in [3.8, 4) is 0 Å². The zero-order chi connectivity index (χ0) is 21.8. The van der Waals surface area contributed by atoms with Crippen molar-refractivity contribution in [1.82, 2.24) is 20.6 Å². The summed E-state index contributed by atoms with van der Waals surface area (Å²) in [6.07, 6.45) is 14.6. The number of aromatic nitrogens is 4. The highest BCUT2D eigenvalue weighted by Crippen LogP contribution is 2.62. The fourth-order valence-electron chi connectivity index (χ4n) is 10.2. The van der Waals surface area contributed by atoms with Gasteiger partial charge in [0, 0.05) is 10.8 Å². The largest absolute Gasteiger partial charge is 0.690 e. The Balaban J connectivity index is 1.15. The van der Waals surface area contributed by atoms with Crippen LogP contribution in [0.2, 0.25) is 0 Å². The fourth-order valence-corrected chi connectivity index (χ4v) is 10.2. The van der Waals surface area contributed by atoms with Gasteiger partial charge in [0.25, 0.3) is 5.82 Å². The molecule has 8 aliphatic carbocycles. The molecule has 0 amide bonds. The van der Waals surface area contributed by atoms with Crippen LogP contribution < -0.4 is 0 Å². The first-order valence-corrected chi connectivity index (χ1v) is 12.9. The van der Waals surface area contributed by atoms with Gasteiger partial charge < -0.3 is 5.21 Å². The molecule has 9 heteroatoms. The standard InChI is InChI=1S/C24H30N6O3/c31-30(22-20(27-33-29-22)24-10-16-4-17(11-24)6-18(5-16)12-24)25-21-19(26-32-28-21)23-7-13-1-14(8-23)3-15(2-13)9-23/h13-18H,1-12H2. The van der Waals surface area contributed by atoms with Crippen molar-refractivity contribution in [2.45, 2.75) is 87.9 Å². The lowest BCUT2D eigenvalue weighted by molar-refractivity contribution is -0.442. The normalized spacial score (nSPS) is 45.3. The summed E-state index contributed by atoms with van der Waals surface area (Å²) >= 11 is 0. The zero-order valence-electron chi connectivity index (χ0n) is 18.9. The Morgan fingerprint density at radius 2 is 1.06 bits per heavy atom. The maximum Gasteiger partial charge on any atom is 0.422 e. The van der Waals surface area contributed by atoms with Gasteiger partial charge in [0.1, 0.15) is 5.69 Å². The van der Waals surface area contributed by atoms with Crippen LogP contribution in [0.3, 0.4) is 0 Å². The van der Waals surface area contributed by atoms with Gasteiger partial charge in [-0.2, -0.15) is 0 Å². The van der Waals surface area contributed by atoms with E-state index in [0.29, 0.717) is 16.4 Å². The molecule has 2 aromatic rings. The predicted octanol–water partition coefficient (Wildman–Crippen LogP) is 5.31. The number of azo groups is 1. The van der Waals surface area contributed by atoms with Crippen LogP contribution in [0.1, 0.15) is 88.4 Å². The molecule has 8 fully saturated rings. The highest BCUT2D eigenvalue weighted by atomic mass is 16.6. The summed E-state index contributed by atoms with van der Waals surface area (Å²) in [5.74, 6) is 4.98. The maximum absolute atomic E-state index is 13.3. The molecule has 0 N–H and O–H groups in total. The van der Waals surface area contributed by atoms with Crippen molar-refractivity contribution in [2.24, 2.45) is 40.6 Å². The second kappa shape index (κ2) is 6.42. The van der Waals surface area contributed by atoms with Crippen molar-refractivity contribution in [3.05, 3.63) is 16.6 Å². The predicted molar refractivity (Wildman–Crippen MR) is 114 cm³/mol. The van der Waals surface area contributed by atoms with Crippen LogP contribution in [-0.4, -0.2) is 25.5 Å². The Hall–Kier alpha value is -2.32. The first kappa shape index (κ1) is 19.0. The van der Waals surface area contributed by atoms with Gasteiger partial charge in [-0.05, 0) is 123 Å². The molecule has 0 unspecified atom stereocenters. The Kier molecular flexibility index (Phi) is 3.70. The lowest BCUT2D eigenvalue weighted by Crippen LogP contribution is -2.49. The minimum Gasteiger partial charge on any atom is -0.690 e. The molecule has 0 saturated heterocycles. The average molecular weight is 451 g/mol. The summed E-state index contributed by atoms with van der Waals surface area (Å²) in [4.78, 5) is 0.577. The van der Waals surface area contributed by atoms with E-state index in [1.54, 1.807) is 0 Å². The molecule has 174 valence electrons. The van der Waals surface area contributed by atoms with Crippen molar-refractivity contribution < 1.29 is 14.1 Å². The van der Waals surface area contributed by atoms with Crippen LogP contribution in [0.15, 0.2) is 14.4 Å². The lowest BCUT2D eigenvalue weighted by atomic mass is 9.49. The number of hydrogen-bond acceptors (Lipinski definition) is 8. The molecule has 0 aromatic carbocycles. The summed E-state index contributed by atoms with van der Waals surface area (Å²) in [5, 5.41) is 34.4. The summed E-state index contributed by atoms with van der Waals surface area (Å²) < 4.78 is 10.3. The van der Waals surface area contributed by atoms with Gasteiger partial charge in [-0.25, -0.2) is 4.63 Å². The molecule has 2 heterocycles. The third-order valence-electron chi connectivity index (χ3n) is 10.4. The van der Waals surface area contributed by atoms with Crippen LogP contribution >= 0.6 is 0 Å². The van der Waals surface area contributed by atoms with Crippen LogP contribution in [0, 0.1) is 40.7 Å². The van der Waals surface area contributed by atoms with Gasteiger partial charge in [-0.3, -0.25) is 0 Å². The van der Waals surface area contributed by atoms with Crippen LogP contribution in [0.5, 0.6) is 0 Å². The van der Waals surface area contributed by atoms with Gasteiger partial charge in [0.15, 0.2) is 10.9 Å². The van der Waals surface area contributed by atoms with Crippen LogP contribution in [0.25, 0.3) is 0 Å². The summed E-state index contributed by atoms with van der Waals surface area (Å²) in [6.45, 7) is 0. The van der Waals surface area contributed by atoms with E-state index in [4.69, 9.17) is 9.26 Å². The molecular weight excluding hydrogens is 420 g/mol. The van der Waals surface area contributed by atoms with E-state index >= 15 is 0 Å². The molecule has 0 atom stereocenters. The second-order valence-corrected chi connectivity index (χ2v) is 12.6. The van der Waals surface area contributed by atoms with Gasteiger partial charge in [-0.1, -0.05) is 10.3 Å². The number of hydrogen-bond donors (Lipinski definition) is 0. The average Bonchev–Trinajstić information content (AvgIpc) is 3.42. The summed E-state index contributed by atoms with van der Waals surface area (Å²) in [5.41, 5.74) is 1.34. The second-order valence-electron chi connectivity index (χ2n) is 12.6. The smallest absolute Gasteiger partial charge is 0.422 e. The van der Waals surface area contributed by atoms with E-state index in [2.05, 4.69) is 25.7 Å². The molecule has 0 aliphatic heterocycles. The van der Waals surface area contributed by atoms with Crippen LogP contribution in [-0.2, 0) is 10.8 Å². The molecule has 10 rings (SSSR count). The molecule has 8 saturated carbocycles. The summed E-state index contributed by atoms with van der Waals surface area (Å²) in [7, 11) is 0. The Morgan fingerprint density at radius 1 is 0.636 bits per heavy atom. The molecule has 8 bridgehead atoms. The highest BCUT2D eigenvalue weighted by molar-refractivity contribution is 5.39. The first-order chi connectivity index (χ1) is 16.1. The molecule has 2 aromatic heterocycles. The highest BCUT2D eigenvalue weighted by Gasteiger charge is 2.56. The summed E-state index contributed by atoms with van der Waals surface area (Å²) in [6, 6.07) is 0. The third-order valence-corrected chi connectivity index (χ3v) is 10.4. The van der Waals surface area contributed by atoms with Crippen LogP contribution in [0.4, 0.5) is 11.6 Å². The van der Waals surface area contributed by atoms with E-state index in [1.807, 2.05) is 0 Å². The molecule has 8 aliphatic rings. The number of nitrogens with zero attached hydrogens (tertiary/aromatic N) is 6. The molecule has 33 heavy (non-hydrogen) atoms. The maximum atomic E-state index is 13.3. The van der Waals surface area contributed by atoms with E-state index in [9.17, 15) is 5.21 Å². The van der Waals surface area contributed by atoms with Gasteiger partial charge in [0.05, 0.1) is 0 Å². The molecular formula is C24H30N6O3. The fraction of sp³-hybridized carbons (Fsp3) is 0.833. The lowest BCUT2D eigenvalue weighted by Gasteiger charge is -2.55. The van der Waals surface area contributed by atoms with Gasteiger partial charge in [0.2, 0.25) is 0 Å². The third kappa shape index (κ3) is 2.71. The molecule has 9 nitrogen and oxygen atoms in total. The van der Waals surface area contributed by atoms with E-state index in [0.717, 1.165) is 79.7 Å². The molecule has 0 spiro atoms. The zero-order valence-corrected chi connectivity index (χ0v) is 18.9. The van der Waals surface area contributed by atoms with E-state index in [1.165, 1.54) is 38.5 Å². The Bertz CT molecular complexity index is 1060. The van der Waals surface area contributed by atoms with Gasteiger partial charge in [-0.15, -0.1) is 9.49 Å². The first-order valence-electron chi connectivity index (χ1n) is 12.9. The molecule has 0 radical (unpaired) electrons. The topological polar surface area (TPSA) is 116 Å². The minimum absolute atomic E-state index is 0.0424. The minimum atomic E-state index is -0.0902. The Labute approximate surface area is 191 Å². The van der Waals surface area contributed by atoms with Crippen molar-refractivity contribution in [1.29, 1.82) is 0 Å². The SMILES string of the molecule is [O-][N+](=Nc1nonc1C12CC3CC(CC(C3)C1)C2)c1nonc1C12CC3CC(CC(C3)C1)C2. The Morgan fingerprint density at radius 3 is 1.58 bits per heavy atom. The quantitative estimate of drug-likeness (QED) is 0.352. The monoisotopic (exact) mass is 450 g/mol. The van der Waals surface area contributed by atoms with Crippen molar-refractivity contribution in [2.75, 3.05) is 0 Å². The van der Waals surface area contributed by atoms with E-state index < -0.39 is 0 Å². The van der Waals surface area contributed by atoms with Gasteiger partial charge >= 0.3 is 5.82 Å². The van der Waals surface area contributed by atoms with Crippen molar-refractivity contribution in [3.63, 3.8) is 0 Å². The van der Waals surface area contributed by atoms with E-state index in [-0.39, 0.29) is 16.6 Å². The number of rotatable bonds is 4.